The highest BCUT2D eigenvalue weighted by Crippen LogP contribution is 2.30. The molecule has 0 radical (unpaired) electrons. The summed E-state index contributed by atoms with van der Waals surface area (Å²) >= 11 is 4.99. The highest BCUT2D eigenvalue weighted by atomic mass is 79.9. The van der Waals surface area contributed by atoms with Gasteiger partial charge in [-0.15, -0.1) is 11.3 Å². The van der Waals surface area contributed by atoms with Crippen LogP contribution in [0.4, 0.5) is 0 Å². The maximum absolute atomic E-state index is 12.2. The van der Waals surface area contributed by atoms with Gasteiger partial charge in [-0.05, 0) is 68.0 Å². The van der Waals surface area contributed by atoms with E-state index in [0.29, 0.717) is 12.0 Å². The van der Waals surface area contributed by atoms with Gasteiger partial charge in [0.15, 0.2) is 0 Å². The van der Waals surface area contributed by atoms with Crippen LogP contribution < -0.4 is 5.32 Å². The zero-order chi connectivity index (χ0) is 27.8. The van der Waals surface area contributed by atoms with Crippen LogP contribution in [0.2, 0.25) is 0 Å². The molecular formula is C28H31BrN2O5S2. The molecular weight excluding hydrogens is 588 g/mol. The van der Waals surface area contributed by atoms with E-state index in [1.54, 1.807) is 29.7 Å². The van der Waals surface area contributed by atoms with Crippen LogP contribution in [0.3, 0.4) is 0 Å². The molecule has 0 aliphatic rings. The van der Waals surface area contributed by atoms with E-state index in [2.05, 4.69) is 71.4 Å². The van der Waals surface area contributed by atoms with Gasteiger partial charge >= 0.3 is 0 Å². The molecule has 2 heterocycles. The van der Waals surface area contributed by atoms with E-state index in [9.17, 15) is 13.2 Å². The first kappa shape index (κ1) is 29.8. The molecule has 0 fully saturated rings. The number of amides is 1. The SMILES string of the molecule is Brc1cccs1.CC(C)(C)c1ccc(C(Cc2ccc(C(=O)NCCS(=O)(=O)O)cc2)c2ccon2)cc1. The van der Waals surface area contributed by atoms with E-state index >= 15 is 0 Å². The number of thiophene rings is 1. The number of nitrogens with zero attached hydrogens (tertiary/aromatic N) is 1. The van der Waals surface area contributed by atoms with Gasteiger partial charge < -0.3 is 9.84 Å². The summed E-state index contributed by atoms with van der Waals surface area (Å²) in [7, 11) is -4.11. The predicted molar refractivity (Wildman–Crippen MR) is 154 cm³/mol. The predicted octanol–water partition coefficient (Wildman–Crippen LogP) is 6.47. The summed E-state index contributed by atoms with van der Waals surface area (Å²) < 4.78 is 36.6. The van der Waals surface area contributed by atoms with Crippen molar-refractivity contribution in [2.24, 2.45) is 0 Å². The highest BCUT2D eigenvalue weighted by Gasteiger charge is 2.20. The van der Waals surface area contributed by atoms with Gasteiger partial charge in [0.25, 0.3) is 16.0 Å². The molecule has 0 saturated carbocycles. The molecule has 2 N–H and O–H groups in total. The molecule has 0 aliphatic heterocycles. The first-order valence-corrected chi connectivity index (χ1v) is 15.2. The van der Waals surface area contributed by atoms with Crippen LogP contribution in [0.25, 0.3) is 0 Å². The van der Waals surface area contributed by atoms with E-state index in [1.165, 1.54) is 9.35 Å². The third-order valence-corrected chi connectivity index (χ3v) is 7.98. The number of nitrogens with one attached hydrogen (secondary N) is 1. The Kier molecular flexibility index (Phi) is 10.4. The summed E-state index contributed by atoms with van der Waals surface area (Å²) in [6, 6.07) is 21.5. The quantitative estimate of drug-likeness (QED) is 0.219. The van der Waals surface area contributed by atoms with Crippen molar-refractivity contribution < 1.29 is 22.3 Å². The third kappa shape index (κ3) is 9.50. The molecule has 2 aromatic heterocycles. The van der Waals surface area contributed by atoms with Crippen molar-refractivity contribution in [1.82, 2.24) is 10.5 Å². The van der Waals surface area contributed by atoms with Crippen molar-refractivity contribution in [3.63, 3.8) is 0 Å². The average Bonchev–Trinajstić information content (AvgIpc) is 3.56. The van der Waals surface area contributed by atoms with E-state index in [-0.39, 0.29) is 17.9 Å². The average molecular weight is 620 g/mol. The number of hydrogen-bond donors (Lipinski definition) is 2. The zero-order valence-corrected chi connectivity index (χ0v) is 24.6. The minimum atomic E-state index is -4.11. The summed E-state index contributed by atoms with van der Waals surface area (Å²) in [5.41, 5.74) is 4.72. The van der Waals surface area contributed by atoms with Gasteiger partial charge in [0.1, 0.15) is 6.26 Å². The summed E-state index contributed by atoms with van der Waals surface area (Å²) in [6.07, 6.45) is 2.23. The Balaban J connectivity index is 0.000000585. The van der Waals surface area contributed by atoms with Crippen LogP contribution >= 0.6 is 27.3 Å². The van der Waals surface area contributed by atoms with Gasteiger partial charge in [0.2, 0.25) is 0 Å². The minimum Gasteiger partial charge on any atom is -0.364 e. The van der Waals surface area contributed by atoms with E-state index < -0.39 is 21.8 Å². The van der Waals surface area contributed by atoms with Crippen molar-refractivity contribution in [3.8, 4) is 0 Å². The van der Waals surface area contributed by atoms with Crippen LogP contribution in [0.1, 0.15) is 59.4 Å². The molecule has 1 atom stereocenters. The zero-order valence-electron chi connectivity index (χ0n) is 21.4. The maximum Gasteiger partial charge on any atom is 0.266 e. The number of carbonyl (C=O) groups excluding carboxylic acids is 1. The summed E-state index contributed by atoms with van der Waals surface area (Å²) in [4.78, 5) is 12.2. The minimum absolute atomic E-state index is 0.00259. The Bertz CT molecular complexity index is 1380. The molecule has 0 bridgehead atoms. The van der Waals surface area contributed by atoms with Gasteiger partial charge in [-0.3, -0.25) is 9.35 Å². The number of halogens is 1. The lowest BCUT2D eigenvalue weighted by Crippen LogP contribution is -2.28. The number of carbonyl (C=O) groups is 1. The second kappa shape index (κ2) is 13.3. The molecule has 1 unspecified atom stereocenters. The monoisotopic (exact) mass is 618 g/mol. The maximum atomic E-state index is 12.2. The molecule has 0 saturated heterocycles. The van der Waals surface area contributed by atoms with Gasteiger partial charge in [0.05, 0.1) is 15.2 Å². The molecule has 10 heteroatoms. The fourth-order valence-electron chi connectivity index (χ4n) is 3.69. The van der Waals surface area contributed by atoms with Crippen LogP contribution in [0, 0.1) is 0 Å². The lowest BCUT2D eigenvalue weighted by atomic mass is 9.84. The van der Waals surface area contributed by atoms with Crippen molar-refractivity contribution in [3.05, 3.63) is 110 Å². The highest BCUT2D eigenvalue weighted by molar-refractivity contribution is 9.11. The fourth-order valence-corrected chi connectivity index (χ4v) is 4.97. The molecule has 38 heavy (non-hydrogen) atoms. The Morgan fingerprint density at radius 1 is 1.08 bits per heavy atom. The molecule has 2 aromatic carbocycles. The second-order valence-electron chi connectivity index (χ2n) is 9.71. The number of benzene rings is 2. The summed E-state index contributed by atoms with van der Waals surface area (Å²) in [5.74, 6) is -0.923. The van der Waals surface area contributed by atoms with Crippen molar-refractivity contribution in [1.29, 1.82) is 0 Å². The fraction of sp³-hybridized carbons (Fsp3) is 0.286. The lowest BCUT2D eigenvalue weighted by Gasteiger charge is -2.21. The van der Waals surface area contributed by atoms with Crippen LogP contribution in [0.15, 0.2) is 86.7 Å². The third-order valence-electron chi connectivity index (χ3n) is 5.78. The Morgan fingerprint density at radius 3 is 2.24 bits per heavy atom. The second-order valence-corrected chi connectivity index (χ2v) is 13.6. The Morgan fingerprint density at radius 2 is 1.76 bits per heavy atom. The Hall–Kier alpha value is -2.79. The summed E-state index contributed by atoms with van der Waals surface area (Å²) in [5, 5.41) is 8.66. The van der Waals surface area contributed by atoms with Crippen LogP contribution in [-0.4, -0.2) is 36.3 Å². The first-order valence-electron chi connectivity index (χ1n) is 11.9. The molecule has 4 aromatic rings. The number of hydrogen-bond acceptors (Lipinski definition) is 6. The van der Waals surface area contributed by atoms with Crippen molar-refractivity contribution >= 4 is 43.3 Å². The van der Waals surface area contributed by atoms with E-state index in [1.807, 2.05) is 35.7 Å². The first-order chi connectivity index (χ1) is 17.9. The van der Waals surface area contributed by atoms with Crippen LogP contribution in [0.5, 0.6) is 0 Å². The lowest BCUT2D eigenvalue weighted by molar-refractivity contribution is 0.0956. The number of aromatic nitrogens is 1. The largest absolute Gasteiger partial charge is 0.364 e. The van der Waals surface area contributed by atoms with Crippen molar-refractivity contribution in [2.75, 3.05) is 12.3 Å². The Labute approximate surface area is 236 Å². The van der Waals surface area contributed by atoms with E-state index in [0.717, 1.165) is 16.8 Å². The smallest absolute Gasteiger partial charge is 0.266 e. The number of rotatable bonds is 8. The molecule has 1 amide bonds. The van der Waals surface area contributed by atoms with Crippen LogP contribution in [-0.2, 0) is 22.0 Å². The van der Waals surface area contributed by atoms with Gasteiger partial charge in [-0.25, -0.2) is 0 Å². The van der Waals surface area contributed by atoms with E-state index in [4.69, 9.17) is 9.08 Å². The molecule has 4 rings (SSSR count). The molecule has 202 valence electrons. The normalized spacial score (nSPS) is 12.3. The standard InChI is InChI=1S/C24H28N2O5S.C4H3BrS/c1-24(2,3)20-10-8-18(9-11-20)21(22-12-14-31-26-22)16-17-4-6-19(7-5-17)23(27)25-13-15-32(28,29)30;5-4-2-1-3-6-4/h4-12,14,21H,13,15-16H2,1-3H3,(H,25,27)(H,28,29,30);1-3H. The van der Waals surface area contributed by atoms with Gasteiger partial charge in [0, 0.05) is 24.1 Å². The van der Waals surface area contributed by atoms with Crippen molar-refractivity contribution in [2.45, 2.75) is 38.5 Å². The summed E-state index contributed by atoms with van der Waals surface area (Å²) in [6.45, 7) is 6.38. The van der Waals surface area contributed by atoms with Gasteiger partial charge in [-0.2, -0.15) is 8.42 Å². The molecule has 0 aliphatic carbocycles. The van der Waals surface area contributed by atoms with Gasteiger partial charge in [-0.1, -0.05) is 68.4 Å². The topological polar surface area (TPSA) is 110 Å². The molecule has 0 spiro atoms. The molecule has 7 nitrogen and oxygen atoms in total.